The van der Waals surface area contributed by atoms with E-state index in [1.54, 1.807) is 17.0 Å². The van der Waals surface area contributed by atoms with Gasteiger partial charge in [0, 0.05) is 29.7 Å². The number of rotatable bonds is 3. The number of hydrogen-bond donors (Lipinski definition) is 0. The molecule has 30 heavy (non-hydrogen) atoms. The van der Waals surface area contributed by atoms with Crippen LogP contribution in [0.25, 0.3) is 10.9 Å². The van der Waals surface area contributed by atoms with Gasteiger partial charge in [-0.1, -0.05) is 11.6 Å². The number of pyridine rings is 1. The third kappa shape index (κ3) is 3.64. The van der Waals surface area contributed by atoms with E-state index in [0.717, 1.165) is 19.3 Å². The number of nitriles is 1. The van der Waals surface area contributed by atoms with E-state index in [4.69, 9.17) is 16.9 Å². The minimum atomic E-state index is -4.08. The van der Waals surface area contributed by atoms with Crippen LogP contribution in [-0.2, 0) is 9.84 Å². The van der Waals surface area contributed by atoms with Crippen LogP contribution in [0.1, 0.15) is 35.2 Å². The Morgan fingerprint density at radius 1 is 1.07 bits per heavy atom. The minimum Gasteiger partial charge on any atom is -0.339 e. The largest absolute Gasteiger partial charge is 0.339 e. The fraction of sp³-hybridized carbons (Fsp3) is 0.227. The first kappa shape index (κ1) is 20.3. The Kier molecular flexibility index (Phi) is 5.46. The summed E-state index contributed by atoms with van der Waals surface area (Å²) in [5.41, 5.74) is 0.819. The number of fused-ring (bicyclic) bond motifs is 1. The van der Waals surface area contributed by atoms with Gasteiger partial charge in [0.1, 0.15) is 0 Å². The van der Waals surface area contributed by atoms with Gasteiger partial charge in [-0.25, -0.2) is 8.42 Å². The minimum absolute atomic E-state index is 0.00155. The van der Waals surface area contributed by atoms with Crippen molar-refractivity contribution < 1.29 is 13.2 Å². The summed E-state index contributed by atoms with van der Waals surface area (Å²) < 4.78 is 27.3. The van der Waals surface area contributed by atoms with Crippen LogP contribution in [0.15, 0.2) is 58.5 Å². The van der Waals surface area contributed by atoms with Gasteiger partial charge in [0.05, 0.1) is 32.5 Å². The third-order valence-electron chi connectivity index (χ3n) is 5.22. The summed E-state index contributed by atoms with van der Waals surface area (Å²) >= 11 is 6.15. The topological polar surface area (TPSA) is 91.1 Å². The molecular formula is C22H18ClN3O3S. The fourth-order valence-corrected chi connectivity index (χ4v) is 5.46. The van der Waals surface area contributed by atoms with E-state index in [9.17, 15) is 13.2 Å². The number of nitrogens with zero attached hydrogens (tertiary/aromatic N) is 3. The number of hydrogen-bond acceptors (Lipinski definition) is 5. The number of halogens is 1. The predicted molar refractivity (Wildman–Crippen MR) is 113 cm³/mol. The van der Waals surface area contributed by atoms with E-state index >= 15 is 0 Å². The summed E-state index contributed by atoms with van der Waals surface area (Å²) in [6.45, 7) is 1.17. The number of piperidine rings is 1. The number of sulfone groups is 1. The molecule has 0 spiro atoms. The second-order valence-electron chi connectivity index (χ2n) is 7.15. The monoisotopic (exact) mass is 439 g/mol. The van der Waals surface area contributed by atoms with Crippen molar-refractivity contribution in [2.75, 3.05) is 13.1 Å². The molecule has 2 heterocycles. The molecule has 1 aromatic heterocycles. The normalized spacial score (nSPS) is 14.5. The molecule has 0 aliphatic carbocycles. The molecule has 0 bridgehead atoms. The molecule has 6 nitrogen and oxygen atoms in total. The Morgan fingerprint density at radius 3 is 2.43 bits per heavy atom. The zero-order chi connectivity index (χ0) is 21.3. The van der Waals surface area contributed by atoms with E-state index in [2.05, 4.69) is 4.98 Å². The van der Waals surface area contributed by atoms with Gasteiger partial charge in [0.15, 0.2) is 0 Å². The number of amides is 1. The highest BCUT2D eigenvalue weighted by Crippen LogP contribution is 2.33. The van der Waals surface area contributed by atoms with Crippen molar-refractivity contribution in [3.8, 4) is 6.07 Å². The standard InChI is InChI=1S/C22H18ClN3O3S/c23-16-6-9-20-18(12-16)21(30(28,29)17-7-4-15(13-24)5-8-17)19(14-25-20)22(27)26-10-2-1-3-11-26/h4-9,12,14H,1-3,10-11H2. The lowest BCUT2D eigenvalue weighted by Gasteiger charge is -2.27. The van der Waals surface area contributed by atoms with Crippen LogP contribution in [-0.4, -0.2) is 37.3 Å². The number of benzene rings is 2. The van der Waals surface area contributed by atoms with Crippen molar-refractivity contribution in [3.05, 3.63) is 64.8 Å². The number of likely N-dealkylation sites (tertiary alicyclic amines) is 1. The molecule has 0 N–H and O–H groups in total. The Hall–Kier alpha value is -2.95. The number of aromatic nitrogens is 1. The Morgan fingerprint density at radius 2 is 1.77 bits per heavy atom. The highest BCUT2D eigenvalue weighted by atomic mass is 35.5. The molecule has 8 heteroatoms. The van der Waals surface area contributed by atoms with Gasteiger partial charge in [-0.3, -0.25) is 9.78 Å². The lowest BCUT2D eigenvalue weighted by molar-refractivity contribution is 0.0720. The van der Waals surface area contributed by atoms with E-state index in [1.807, 2.05) is 6.07 Å². The molecule has 0 radical (unpaired) electrons. The number of carbonyl (C=O) groups excluding carboxylic acids is 1. The zero-order valence-electron chi connectivity index (χ0n) is 16.0. The molecule has 0 unspecified atom stereocenters. The van der Waals surface area contributed by atoms with E-state index in [0.29, 0.717) is 34.6 Å². The van der Waals surface area contributed by atoms with Gasteiger partial charge in [0.2, 0.25) is 9.84 Å². The predicted octanol–water partition coefficient (Wildman–Crippen LogP) is 4.22. The van der Waals surface area contributed by atoms with Crippen LogP contribution in [0.5, 0.6) is 0 Å². The van der Waals surface area contributed by atoms with Gasteiger partial charge in [-0.05, 0) is 61.7 Å². The molecule has 1 saturated heterocycles. The summed E-state index contributed by atoms with van der Waals surface area (Å²) in [5.74, 6) is -0.351. The van der Waals surface area contributed by atoms with E-state index in [1.165, 1.54) is 36.5 Å². The molecule has 0 atom stereocenters. The fourth-order valence-electron chi connectivity index (χ4n) is 3.68. The summed E-state index contributed by atoms with van der Waals surface area (Å²) in [5, 5.41) is 9.66. The molecular weight excluding hydrogens is 422 g/mol. The van der Waals surface area contributed by atoms with Crippen molar-refractivity contribution >= 4 is 38.2 Å². The van der Waals surface area contributed by atoms with Crippen LogP contribution in [0, 0.1) is 11.3 Å². The van der Waals surface area contributed by atoms with Gasteiger partial charge in [-0.15, -0.1) is 0 Å². The van der Waals surface area contributed by atoms with Crippen LogP contribution >= 0.6 is 11.6 Å². The average Bonchev–Trinajstić information content (AvgIpc) is 2.78. The summed E-state index contributed by atoms with van der Waals surface area (Å²) in [7, 11) is -4.08. The van der Waals surface area contributed by atoms with Gasteiger partial charge in [0.25, 0.3) is 5.91 Å². The van der Waals surface area contributed by atoms with Crippen molar-refractivity contribution in [1.82, 2.24) is 9.88 Å². The van der Waals surface area contributed by atoms with Gasteiger partial charge in [-0.2, -0.15) is 5.26 Å². The highest BCUT2D eigenvalue weighted by Gasteiger charge is 2.30. The zero-order valence-corrected chi connectivity index (χ0v) is 17.6. The molecule has 2 aromatic carbocycles. The first-order chi connectivity index (χ1) is 14.4. The molecule has 3 aromatic rings. The van der Waals surface area contributed by atoms with Crippen molar-refractivity contribution in [1.29, 1.82) is 5.26 Å². The Bertz CT molecular complexity index is 1280. The quantitative estimate of drug-likeness (QED) is 0.609. The maximum atomic E-state index is 13.6. The molecule has 152 valence electrons. The molecule has 4 rings (SSSR count). The maximum Gasteiger partial charge on any atom is 0.256 e. The first-order valence-electron chi connectivity index (χ1n) is 9.54. The second kappa shape index (κ2) is 8.05. The second-order valence-corrected chi connectivity index (χ2v) is 9.48. The molecule has 1 amide bonds. The Balaban J connectivity index is 1.96. The van der Waals surface area contributed by atoms with E-state index < -0.39 is 9.84 Å². The van der Waals surface area contributed by atoms with Crippen LogP contribution < -0.4 is 0 Å². The first-order valence-corrected chi connectivity index (χ1v) is 11.4. The molecule has 1 aliphatic rings. The summed E-state index contributed by atoms with van der Waals surface area (Å²) in [4.78, 5) is 19.2. The average molecular weight is 440 g/mol. The third-order valence-corrected chi connectivity index (χ3v) is 7.32. The van der Waals surface area contributed by atoms with Crippen molar-refractivity contribution in [2.24, 2.45) is 0 Å². The lowest BCUT2D eigenvalue weighted by atomic mass is 10.1. The van der Waals surface area contributed by atoms with Crippen LogP contribution in [0.4, 0.5) is 0 Å². The summed E-state index contributed by atoms with van der Waals surface area (Å²) in [6.07, 6.45) is 4.15. The van der Waals surface area contributed by atoms with E-state index in [-0.39, 0.29) is 21.3 Å². The number of carbonyl (C=O) groups is 1. The smallest absolute Gasteiger partial charge is 0.256 e. The molecule has 1 fully saturated rings. The van der Waals surface area contributed by atoms with Crippen molar-refractivity contribution in [2.45, 2.75) is 29.1 Å². The summed E-state index contributed by atoms with van der Waals surface area (Å²) in [6, 6.07) is 12.4. The highest BCUT2D eigenvalue weighted by molar-refractivity contribution is 7.91. The maximum absolute atomic E-state index is 13.6. The lowest BCUT2D eigenvalue weighted by Crippen LogP contribution is -2.36. The van der Waals surface area contributed by atoms with Crippen LogP contribution in [0.2, 0.25) is 5.02 Å². The SMILES string of the molecule is N#Cc1ccc(S(=O)(=O)c2c(C(=O)N3CCCCC3)cnc3ccc(Cl)cc23)cc1. The molecule has 0 saturated carbocycles. The van der Waals surface area contributed by atoms with Crippen molar-refractivity contribution in [3.63, 3.8) is 0 Å². The van der Waals surface area contributed by atoms with Gasteiger partial charge < -0.3 is 4.90 Å². The Labute approximate surface area is 179 Å². The van der Waals surface area contributed by atoms with Gasteiger partial charge >= 0.3 is 0 Å². The van der Waals surface area contributed by atoms with Crippen LogP contribution in [0.3, 0.4) is 0 Å². The molecule has 1 aliphatic heterocycles.